The van der Waals surface area contributed by atoms with E-state index in [1.165, 1.54) is 5.39 Å². The molecule has 1 saturated heterocycles. The Kier molecular flexibility index (Phi) is 3.92. The van der Waals surface area contributed by atoms with Crippen molar-refractivity contribution in [2.75, 3.05) is 26.2 Å². The van der Waals surface area contributed by atoms with E-state index >= 15 is 0 Å². The predicted octanol–water partition coefficient (Wildman–Crippen LogP) is 1.60. The molecule has 5 heteroatoms. The summed E-state index contributed by atoms with van der Waals surface area (Å²) in [6.07, 6.45) is 0.0334. The van der Waals surface area contributed by atoms with E-state index in [-0.39, 0.29) is 25.3 Å². The van der Waals surface area contributed by atoms with Gasteiger partial charge in [0.15, 0.2) is 0 Å². The number of benzene rings is 2. The number of fused-ring (bicyclic) bond motifs is 1. The van der Waals surface area contributed by atoms with E-state index in [1.54, 1.807) is 4.90 Å². The minimum atomic E-state index is -0.151. The lowest BCUT2D eigenvalue weighted by Gasteiger charge is -2.38. The largest absolute Gasteiger partial charge is 0.487 e. The summed E-state index contributed by atoms with van der Waals surface area (Å²) in [7, 11) is 0. The molecule has 3 rings (SSSR count). The number of likely N-dealkylation sites (tertiary alicyclic amines) is 1. The van der Waals surface area contributed by atoms with Gasteiger partial charge < -0.3 is 20.1 Å². The SMILES string of the molecule is O=C(NCCO)N1CC(Oc2ccc3ccccc3c2)C1. The maximum Gasteiger partial charge on any atom is 0.317 e. The molecule has 0 aliphatic carbocycles. The molecule has 0 saturated carbocycles. The summed E-state index contributed by atoms with van der Waals surface area (Å²) in [6, 6.07) is 14.0. The first kappa shape index (κ1) is 13.7. The first-order chi connectivity index (χ1) is 10.3. The summed E-state index contributed by atoms with van der Waals surface area (Å²) in [5.41, 5.74) is 0. The molecule has 110 valence electrons. The van der Waals surface area contributed by atoms with Crippen LogP contribution in [0.1, 0.15) is 0 Å². The van der Waals surface area contributed by atoms with Crippen molar-refractivity contribution >= 4 is 16.8 Å². The molecule has 1 aliphatic rings. The monoisotopic (exact) mass is 286 g/mol. The molecule has 2 aromatic rings. The molecule has 5 nitrogen and oxygen atoms in total. The molecule has 2 N–H and O–H groups in total. The van der Waals surface area contributed by atoms with Crippen molar-refractivity contribution in [2.45, 2.75) is 6.10 Å². The van der Waals surface area contributed by atoms with Crippen molar-refractivity contribution in [3.8, 4) is 5.75 Å². The van der Waals surface area contributed by atoms with Crippen LogP contribution >= 0.6 is 0 Å². The Labute approximate surface area is 123 Å². The first-order valence-electron chi connectivity index (χ1n) is 7.05. The highest BCUT2D eigenvalue weighted by Gasteiger charge is 2.32. The van der Waals surface area contributed by atoms with Gasteiger partial charge in [0.05, 0.1) is 19.7 Å². The number of urea groups is 1. The summed E-state index contributed by atoms with van der Waals surface area (Å²) in [4.78, 5) is 13.3. The number of aliphatic hydroxyl groups excluding tert-OH is 1. The molecular formula is C16H18N2O3. The number of aliphatic hydroxyl groups is 1. The fraction of sp³-hybridized carbons (Fsp3) is 0.312. The van der Waals surface area contributed by atoms with Crippen LogP contribution in [0.5, 0.6) is 5.75 Å². The summed E-state index contributed by atoms with van der Waals surface area (Å²) in [6.45, 7) is 1.39. The number of nitrogens with one attached hydrogen (secondary N) is 1. The lowest BCUT2D eigenvalue weighted by molar-refractivity contribution is 0.0442. The van der Waals surface area contributed by atoms with E-state index in [1.807, 2.05) is 30.3 Å². The first-order valence-corrected chi connectivity index (χ1v) is 7.05. The van der Waals surface area contributed by atoms with Crippen LogP contribution in [0.15, 0.2) is 42.5 Å². The van der Waals surface area contributed by atoms with E-state index in [4.69, 9.17) is 9.84 Å². The maximum absolute atomic E-state index is 11.6. The Hall–Kier alpha value is -2.27. The van der Waals surface area contributed by atoms with Gasteiger partial charge in [-0.05, 0) is 22.9 Å². The minimum Gasteiger partial charge on any atom is -0.487 e. The van der Waals surface area contributed by atoms with Gasteiger partial charge >= 0.3 is 6.03 Å². The van der Waals surface area contributed by atoms with Crippen LogP contribution in [0.3, 0.4) is 0 Å². The molecule has 2 aromatic carbocycles. The topological polar surface area (TPSA) is 61.8 Å². The lowest BCUT2D eigenvalue weighted by Crippen LogP contribution is -2.59. The van der Waals surface area contributed by atoms with Crippen molar-refractivity contribution in [1.29, 1.82) is 0 Å². The van der Waals surface area contributed by atoms with Gasteiger partial charge in [-0.25, -0.2) is 4.79 Å². The third kappa shape index (κ3) is 3.08. The Morgan fingerprint density at radius 2 is 2.00 bits per heavy atom. The quantitative estimate of drug-likeness (QED) is 0.897. The van der Waals surface area contributed by atoms with Crippen LogP contribution in [0, 0.1) is 0 Å². The van der Waals surface area contributed by atoms with Crippen molar-refractivity contribution in [2.24, 2.45) is 0 Å². The van der Waals surface area contributed by atoms with E-state index < -0.39 is 0 Å². The Morgan fingerprint density at radius 3 is 2.76 bits per heavy atom. The number of hydrogen-bond donors (Lipinski definition) is 2. The second-order valence-electron chi connectivity index (χ2n) is 5.11. The zero-order valence-electron chi connectivity index (χ0n) is 11.7. The number of carbonyl (C=O) groups is 1. The molecule has 0 unspecified atom stereocenters. The maximum atomic E-state index is 11.6. The number of hydrogen-bond acceptors (Lipinski definition) is 3. The Morgan fingerprint density at radius 1 is 1.24 bits per heavy atom. The number of nitrogens with zero attached hydrogens (tertiary/aromatic N) is 1. The lowest BCUT2D eigenvalue weighted by atomic mass is 10.1. The average molecular weight is 286 g/mol. The van der Waals surface area contributed by atoms with Crippen LogP contribution in [0.2, 0.25) is 0 Å². The summed E-state index contributed by atoms with van der Waals surface area (Å²) >= 11 is 0. The zero-order valence-corrected chi connectivity index (χ0v) is 11.7. The van der Waals surface area contributed by atoms with Crippen molar-refractivity contribution in [3.63, 3.8) is 0 Å². The van der Waals surface area contributed by atoms with E-state index in [2.05, 4.69) is 17.4 Å². The number of carbonyl (C=O) groups excluding carboxylic acids is 1. The van der Waals surface area contributed by atoms with Crippen molar-refractivity contribution in [3.05, 3.63) is 42.5 Å². The van der Waals surface area contributed by atoms with E-state index in [0.717, 1.165) is 11.1 Å². The smallest absolute Gasteiger partial charge is 0.317 e. The number of rotatable bonds is 4. The van der Waals surface area contributed by atoms with Crippen molar-refractivity contribution in [1.82, 2.24) is 10.2 Å². The predicted molar refractivity (Wildman–Crippen MR) is 80.4 cm³/mol. The molecule has 0 aromatic heterocycles. The standard InChI is InChI=1S/C16H18N2O3/c19-8-7-17-16(20)18-10-15(11-18)21-14-6-5-12-3-1-2-4-13(12)9-14/h1-6,9,15,19H,7-8,10-11H2,(H,17,20). The Bertz CT molecular complexity index is 638. The highest BCUT2D eigenvalue weighted by molar-refractivity contribution is 5.83. The van der Waals surface area contributed by atoms with Crippen LogP contribution in [0.25, 0.3) is 10.8 Å². The molecule has 1 fully saturated rings. The summed E-state index contributed by atoms with van der Waals surface area (Å²) in [5, 5.41) is 13.6. The molecule has 1 heterocycles. The average Bonchev–Trinajstić information content (AvgIpc) is 2.48. The van der Waals surface area contributed by atoms with Crippen LogP contribution in [-0.2, 0) is 0 Å². The highest BCUT2D eigenvalue weighted by atomic mass is 16.5. The van der Waals surface area contributed by atoms with Gasteiger partial charge in [-0.3, -0.25) is 0 Å². The fourth-order valence-corrected chi connectivity index (χ4v) is 2.39. The van der Waals surface area contributed by atoms with Gasteiger partial charge in [-0.1, -0.05) is 30.3 Å². The minimum absolute atomic E-state index is 0.0334. The number of ether oxygens (including phenoxy) is 1. The second kappa shape index (κ2) is 6.01. The molecule has 21 heavy (non-hydrogen) atoms. The van der Waals surface area contributed by atoms with Crippen LogP contribution in [-0.4, -0.2) is 48.4 Å². The Balaban J connectivity index is 1.54. The molecule has 2 amide bonds. The van der Waals surface area contributed by atoms with Gasteiger partial charge in [0.25, 0.3) is 0 Å². The molecule has 0 bridgehead atoms. The van der Waals surface area contributed by atoms with Gasteiger partial charge in [0, 0.05) is 6.54 Å². The third-order valence-electron chi connectivity index (χ3n) is 3.55. The van der Waals surface area contributed by atoms with E-state index in [0.29, 0.717) is 13.1 Å². The van der Waals surface area contributed by atoms with Crippen molar-refractivity contribution < 1.29 is 14.6 Å². The third-order valence-corrected chi connectivity index (χ3v) is 3.55. The molecule has 0 atom stereocenters. The molecule has 0 radical (unpaired) electrons. The molecule has 1 aliphatic heterocycles. The van der Waals surface area contributed by atoms with Gasteiger partial charge in [-0.2, -0.15) is 0 Å². The molecular weight excluding hydrogens is 268 g/mol. The van der Waals surface area contributed by atoms with Gasteiger partial charge in [0.1, 0.15) is 11.9 Å². The second-order valence-corrected chi connectivity index (χ2v) is 5.11. The molecule has 0 spiro atoms. The van der Waals surface area contributed by atoms with Crippen LogP contribution < -0.4 is 10.1 Å². The fourth-order valence-electron chi connectivity index (χ4n) is 2.39. The number of amides is 2. The highest BCUT2D eigenvalue weighted by Crippen LogP contribution is 2.23. The van der Waals surface area contributed by atoms with Crippen LogP contribution in [0.4, 0.5) is 4.79 Å². The zero-order chi connectivity index (χ0) is 14.7. The van der Waals surface area contributed by atoms with Gasteiger partial charge in [-0.15, -0.1) is 0 Å². The van der Waals surface area contributed by atoms with E-state index in [9.17, 15) is 4.79 Å². The van der Waals surface area contributed by atoms with Gasteiger partial charge in [0.2, 0.25) is 0 Å². The summed E-state index contributed by atoms with van der Waals surface area (Å²) < 4.78 is 5.87. The summed E-state index contributed by atoms with van der Waals surface area (Å²) in [5.74, 6) is 0.828. The normalized spacial score (nSPS) is 14.8.